The molecule has 0 spiro atoms. The number of amides is 1. The van der Waals surface area contributed by atoms with Crippen molar-refractivity contribution in [2.45, 2.75) is 45.4 Å². The summed E-state index contributed by atoms with van der Waals surface area (Å²) in [5.41, 5.74) is 1.09. The van der Waals surface area contributed by atoms with Crippen molar-refractivity contribution in [1.82, 2.24) is 9.88 Å². The van der Waals surface area contributed by atoms with E-state index in [2.05, 4.69) is 31.0 Å². The van der Waals surface area contributed by atoms with Crippen LogP contribution in [0.4, 0.5) is 0 Å². The normalized spacial score (nSPS) is 14.3. The number of likely N-dealkylation sites (tertiary alicyclic amines) is 1. The van der Waals surface area contributed by atoms with E-state index in [0.29, 0.717) is 24.9 Å². The van der Waals surface area contributed by atoms with Crippen LogP contribution in [0, 0.1) is 0 Å². The van der Waals surface area contributed by atoms with Crippen LogP contribution in [0.1, 0.15) is 61.4 Å². The molecule has 5 nitrogen and oxygen atoms in total. The molecule has 1 aromatic heterocycles. The molecule has 3 rings (SSSR count). The number of H-pyrrole nitrogens is 1. The number of unbranched alkanes of at least 4 members (excludes halogenated alkanes) is 1. The van der Waals surface area contributed by atoms with Crippen LogP contribution in [0.25, 0.3) is 0 Å². The molecule has 2 heterocycles. The molecular formula is C22H30N2O3. The van der Waals surface area contributed by atoms with Crippen LogP contribution in [0.15, 0.2) is 47.3 Å². The zero-order chi connectivity index (χ0) is 19.6. The third kappa shape index (κ3) is 5.71. The highest BCUT2D eigenvalue weighted by molar-refractivity contribution is 5.94. The van der Waals surface area contributed by atoms with Gasteiger partial charge in [0.05, 0.1) is 7.11 Å². The second kappa shape index (κ2) is 10.6. The third-order valence-corrected chi connectivity index (χ3v) is 4.89. The molecule has 1 aliphatic rings. The molecule has 1 N–H and O–H groups in total. The smallest absolute Gasteiger partial charge is 0.263 e. The van der Waals surface area contributed by atoms with Crippen molar-refractivity contribution in [1.29, 1.82) is 0 Å². The molecule has 1 saturated heterocycles. The van der Waals surface area contributed by atoms with E-state index in [0.717, 1.165) is 12.8 Å². The van der Waals surface area contributed by atoms with Gasteiger partial charge in [0.1, 0.15) is 5.56 Å². The van der Waals surface area contributed by atoms with Crippen LogP contribution in [0.3, 0.4) is 0 Å². The first-order valence-corrected chi connectivity index (χ1v) is 9.72. The number of benzene rings is 1. The number of carbonyl (C=O) groups is 1. The Morgan fingerprint density at radius 2 is 1.70 bits per heavy atom. The number of rotatable bonds is 4. The summed E-state index contributed by atoms with van der Waals surface area (Å²) < 4.78 is 4.96. The minimum atomic E-state index is -0.403. The van der Waals surface area contributed by atoms with Gasteiger partial charge in [0, 0.05) is 13.1 Å². The van der Waals surface area contributed by atoms with Gasteiger partial charge in [-0.05, 0) is 36.5 Å². The maximum atomic E-state index is 12.5. The lowest BCUT2D eigenvalue weighted by Crippen LogP contribution is -2.40. The summed E-state index contributed by atoms with van der Waals surface area (Å²) in [4.78, 5) is 28.8. The highest BCUT2D eigenvalue weighted by Gasteiger charge is 2.25. The van der Waals surface area contributed by atoms with E-state index in [-0.39, 0.29) is 11.5 Å². The number of nitrogens with one attached hydrogen (secondary N) is 1. The van der Waals surface area contributed by atoms with Gasteiger partial charge in [-0.1, -0.05) is 57.0 Å². The fourth-order valence-electron chi connectivity index (χ4n) is 3.05. The summed E-state index contributed by atoms with van der Waals surface area (Å²) in [5.74, 6) is 0.629. The van der Waals surface area contributed by atoms with Gasteiger partial charge in [0.2, 0.25) is 0 Å². The number of nitrogens with zero attached hydrogens (tertiary/aromatic N) is 1. The molecule has 0 saturated carbocycles. The number of ether oxygens (including phenoxy) is 1. The molecule has 0 bridgehead atoms. The van der Waals surface area contributed by atoms with Gasteiger partial charge >= 0.3 is 0 Å². The second-order valence-corrected chi connectivity index (χ2v) is 6.75. The molecule has 2 aromatic rings. The van der Waals surface area contributed by atoms with E-state index in [1.54, 1.807) is 11.0 Å². The Morgan fingerprint density at radius 1 is 1.07 bits per heavy atom. The molecule has 0 radical (unpaired) electrons. The summed E-state index contributed by atoms with van der Waals surface area (Å²) in [6.07, 6.45) is 4.48. The topological polar surface area (TPSA) is 62.4 Å². The predicted octanol–water partition coefficient (Wildman–Crippen LogP) is 4.21. The SMILES string of the molecule is CCCC.COc1ccc(C(=O)N2CCC(c3ccccc3)CC2)c(=O)[nH]1. The number of pyridine rings is 1. The quantitative estimate of drug-likeness (QED) is 0.877. The van der Waals surface area contributed by atoms with Gasteiger partial charge in [-0.15, -0.1) is 0 Å². The van der Waals surface area contributed by atoms with Crippen molar-refractivity contribution in [3.63, 3.8) is 0 Å². The average Bonchev–Trinajstić information content (AvgIpc) is 2.74. The van der Waals surface area contributed by atoms with E-state index in [1.165, 1.54) is 31.6 Å². The van der Waals surface area contributed by atoms with Gasteiger partial charge < -0.3 is 9.64 Å². The monoisotopic (exact) mass is 370 g/mol. The van der Waals surface area contributed by atoms with Crippen molar-refractivity contribution < 1.29 is 9.53 Å². The fourth-order valence-corrected chi connectivity index (χ4v) is 3.05. The minimum Gasteiger partial charge on any atom is -0.482 e. The van der Waals surface area contributed by atoms with Crippen LogP contribution in [0.2, 0.25) is 0 Å². The van der Waals surface area contributed by atoms with Crippen LogP contribution < -0.4 is 10.3 Å². The first kappa shape index (κ1) is 20.7. The van der Waals surface area contributed by atoms with Crippen molar-refractivity contribution in [2.24, 2.45) is 0 Å². The lowest BCUT2D eigenvalue weighted by atomic mass is 9.89. The Kier molecular flexibility index (Phi) is 8.11. The standard InChI is InChI=1S/C18H20N2O3.C4H10/c1-23-16-8-7-15(17(21)19-16)18(22)20-11-9-14(10-12-20)13-5-3-2-4-6-13;1-3-4-2/h2-8,14H,9-12H2,1H3,(H,19,21);3-4H2,1-2H3. The Hall–Kier alpha value is -2.56. The van der Waals surface area contributed by atoms with Gasteiger partial charge in [0.25, 0.3) is 11.5 Å². The van der Waals surface area contributed by atoms with Crippen LogP contribution in [0.5, 0.6) is 5.88 Å². The minimum absolute atomic E-state index is 0.170. The third-order valence-electron chi connectivity index (χ3n) is 4.89. The second-order valence-electron chi connectivity index (χ2n) is 6.75. The van der Waals surface area contributed by atoms with Crippen LogP contribution >= 0.6 is 0 Å². The molecule has 1 amide bonds. The van der Waals surface area contributed by atoms with E-state index in [1.807, 2.05) is 18.2 Å². The summed E-state index contributed by atoms with van der Waals surface area (Å²) in [7, 11) is 1.47. The van der Waals surface area contributed by atoms with Crippen molar-refractivity contribution in [3.8, 4) is 5.88 Å². The van der Waals surface area contributed by atoms with Gasteiger partial charge in [-0.2, -0.15) is 0 Å². The first-order valence-electron chi connectivity index (χ1n) is 9.72. The summed E-state index contributed by atoms with van der Waals surface area (Å²) in [6, 6.07) is 13.5. The number of piperidine rings is 1. The van der Waals surface area contributed by atoms with Gasteiger partial charge in [0.15, 0.2) is 5.88 Å². The summed E-state index contributed by atoms with van der Waals surface area (Å²) >= 11 is 0. The molecule has 1 aromatic carbocycles. The zero-order valence-electron chi connectivity index (χ0n) is 16.5. The number of hydrogen-bond acceptors (Lipinski definition) is 3. The van der Waals surface area contributed by atoms with E-state index in [4.69, 9.17) is 4.74 Å². The number of hydrogen-bond donors (Lipinski definition) is 1. The van der Waals surface area contributed by atoms with Crippen molar-refractivity contribution >= 4 is 5.91 Å². The van der Waals surface area contributed by atoms with Crippen LogP contribution in [-0.4, -0.2) is 36.0 Å². The molecule has 1 fully saturated rings. The summed E-state index contributed by atoms with van der Waals surface area (Å²) in [5, 5.41) is 0. The molecule has 0 atom stereocenters. The Bertz CT molecular complexity index is 761. The largest absolute Gasteiger partial charge is 0.482 e. The van der Waals surface area contributed by atoms with Crippen LogP contribution in [-0.2, 0) is 0 Å². The Balaban J connectivity index is 0.000000596. The summed E-state index contributed by atoms with van der Waals surface area (Å²) in [6.45, 7) is 5.70. The van der Waals surface area contributed by atoms with Crippen molar-refractivity contribution in [2.75, 3.05) is 20.2 Å². The molecule has 27 heavy (non-hydrogen) atoms. The highest BCUT2D eigenvalue weighted by Crippen LogP contribution is 2.28. The van der Waals surface area contributed by atoms with Gasteiger partial charge in [-0.25, -0.2) is 0 Å². The van der Waals surface area contributed by atoms with E-state index in [9.17, 15) is 9.59 Å². The lowest BCUT2D eigenvalue weighted by molar-refractivity contribution is 0.0711. The molecule has 146 valence electrons. The molecule has 0 aliphatic carbocycles. The highest BCUT2D eigenvalue weighted by atomic mass is 16.5. The Morgan fingerprint density at radius 3 is 2.22 bits per heavy atom. The van der Waals surface area contributed by atoms with Crippen molar-refractivity contribution in [3.05, 3.63) is 63.9 Å². The fraction of sp³-hybridized carbons (Fsp3) is 0.455. The number of methoxy groups -OCH3 is 1. The maximum absolute atomic E-state index is 12.5. The number of carbonyl (C=O) groups excluding carboxylic acids is 1. The molecule has 1 aliphatic heterocycles. The maximum Gasteiger partial charge on any atom is 0.263 e. The molecule has 5 heteroatoms. The van der Waals surface area contributed by atoms with E-state index < -0.39 is 5.56 Å². The number of aromatic amines is 1. The molecular weight excluding hydrogens is 340 g/mol. The Labute approximate surface area is 161 Å². The zero-order valence-corrected chi connectivity index (χ0v) is 16.5. The predicted molar refractivity (Wildman–Crippen MR) is 109 cm³/mol. The van der Waals surface area contributed by atoms with E-state index >= 15 is 0 Å². The van der Waals surface area contributed by atoms with Gasteiger partial charge in [-0.3, -0.25) is 14.6 Å². The number of aromatic nitrogens is 1. The molecule has 0 unspecified atom stereocenters. The average molecular weight is 370 g/mol. The first-order chi connectivity index (χ1) is 13.1. The lowest BCUT2D eigenvalue weighted by Gasteiger charge is -2.32.